The molecular weight excluding hydrogens is 364 g/mol. The fourth-order valence-electron chi connectivity index (χ4n) is 2.42. The van der Waals surface area contributed by atoms with E-state index in [1.54, 1.807) is 19.1 Å². The van der Waals surface area contributed by atoms with Crippen molar-refractivity contribution in [3.63, 3.8) is 0 Å². The van der Waals surface area contributed by atoms with E-state index < -0.39 is 17.5 Å². The number of carbonyl (C=O) groups is 1. The van der Waals surface area contributed by atoms with Crippen LogP contribution in [0.25, 0.3) is 5.95 Å². The summed E-state index contributed by atoms with van der Waals surface area (Å²) in [6.07, 6.45) is 0. The monoisotopic (exact) mass is 377 g/mol. The fraction of sp³-hybridized carbons (Fsp3) is 0.176. The van der Waals surface area contributed by atoms with Gasteiger partial charge < -0.3 is 5.32 Å². The van der Waals surface area contributed by atoms with Crippen LogP contribution in [0.15, 0.2) is 24.3 Å². The van der Waals surface area contributed by atoms with Crippen molar-refractivity contribution in [2.24, 2.45) is 0 Å². The van der Waals surface area contributed by atoms with Crippen LogP contribution in [-0.4, -0.2) is 25.7 Å². The second kappa shape index (κ2) is 6.80. The van der Waals surface area contributed by atoms with Crippen LogP contribution >= 0.6 is 11.6 Å². The Hall–Kier alpha value is -2.87. The third-order valence-corrected chi connectivity index (χ3v) is 3.80. The number of hydrogen-bond donors (Lipinski definition) is 1. The number of halogens is 3. The van der Waals surface area contributed by atoms with Crippen LogP contribution in [0.5, 0.6) is 0 Å². The Labute approximate surface area is 152 Å². The molecule has 6 nitrogen and oxygen atoms in total. The Bertz CT molecular complexity index is 998. The van der Waals surface area contributed by atoms with E-state index in [2.05, 4.69) is 20.4 Å². The number of rotatable bonds is 3. The third kappa shape index (κ3) is 3.55. The van der Waals surface area contributed by atoms with Crippen LogP contribution in [0.2, 0.25) is 5.02 Å². The summed E-state index contributed by atoms with van der Waals surface area (Å²) in [6, 6.07) is 4.90. The van der Waals surface area contributed by atoms with Gasteiger partial charge in [-0.1, -0.05) is 11.6 Å². The minimum absolute atomic E-state index is 0.197. The normalized spacial score (nSPS) is 10.8. The molecule has 1 N–H and O–H groups in total. The summed E-state index contributed by atoms with van der Waals surface area (Å²) < 4.78 is 28.0. The van der Waals surface area contributed by atoms with E-state index in [1.165, 1.54) is 4.68 Å². The molecule has 3 rings (SSSR count). The van der Waals surface area contributed by atoms with Gasteiger partial charge >= 0.3 is 0 Å². The highest BCUT2D eigenvalue weighted by atomic mass is 35.5. The van der Waals surface area contributed by atoms with Gasteiger partial charge in [-0.3, -0.25) is 4.79 Å². The Morgan fingerprint density at radius 1 is 1.00 bits per heavy atom. The lowest BCUT2D eigenvalue weighted by molar-refractivity contribution is 0.102. The van der Waals surface area contributed by atoms with Gasteiger partial charge in [0.15, 0.2) is 11.6 Å². The van der Waals surface area contributed by atoms with Crippen LogP contribution in [-0.2, 0) is 0 Å². The quantitative estimate of drug-likeness (QED) is 0.705. The maximum absolute atomic E-state index is 13.4. The second-order valence-corrected chi connectivity index (χ2v) is 6.14. The minimum atomic E-state index is -1.16. The van der Waals surface area contributed by atoms with Crippen LogP contribution < -0.4 is 5.32 Å². The molecule has 0 aliphatic heterocycles. The van der Waals surface area contributed by atoms with Gasteiger partial charge in [0, 0.05) is 17.5 Å². The number of hydrogen-bond acceptors (Lipinski definition) is 4. The van der Waals surface area contributed by atoms with Crippen molar-refractivity contribution >= 4 is 23.3 Å². The number of nitrogens with one attached hydrogen (secondary N) is 1. The molecule has 0 saturated carbocycles. The average molecular weight is 378 g/mol. The second-order valence-electron chi connectivity index (χ2n) is 5.73. The number of carbonyl (C=O) groups excluding carboxylic acids is 1. The van der Waals surface area contributed by atoms with Crippen LogP contribution in [0.4, 0.5) is 14.6 Å². The molecule has 1 amide bonds. The highest BCUT2D eigenvalue weighted by Gasteiger charge is 2.18. The zero-order chi connectivity index (χ0) is 19.0. The summed E-state index contributed by atoms with van der Waals surface area (Å²) in [5.41, 5.74) is 1.89. The van der Waals surface area contributed by atoms with Gasteiger partial charge in [-0.15, -0.1) is 0 Å². The molecule has 0 atom stereocenters. The molecule has 134 valence electrons. The number of nitrogens with zero attached hydrogens (tertiary/aromatic N) is 4. The van der Waals surface area contributed by atoms with Crippen molar-refractivity contribution in [2.45, 2.75) is 20.8 Å². The molecule has 0 spiro atoms. The molecule has 0 saturated heterocycles. The molecule has 2 aromatic heterocycles. The van der Waals surface area contributed by atoms with E-state index in [4.69, 9.17) is 11.6 Å². The Kier molecular flexibility index (Phi) is 4.69. The van der Waals surface area contributed by atoms with Crippen LogP contribution in [0, 0.1) is 32.4 Å². The van der Waals surface area contributed by atoms with Crippen LogP contribution in [0.3, 0.4) is 0 Å². The maximum atomic E-state index is 13.4. The SMILES string of the molecule is Cc1cc(C)nc(-n2nc(C)cc2NC(=O)c2cc(F)c(F)cc2Cl)n1. The number of anilines is 1. The molecule has 26 heavy (non-hydrogen) atoms. The summed E-state index contributed by atoms with van der Waals surface area (Å²) in [4.78, 5) is 21.1. The predicted octanol–water partition coefficient (Wildman–Crippen LogP) is 3.77. The van der Waals surface area contributed by atoms with Crippen molar-refractivity contribution in [1.82, 2.24) is 19.7 Å². The summed E-state index contributed by atoms with van der Waals surface area (Å²) in [5.74, 6) is -2.45. The van der Waals surface area contributed by atoms with E-state index in [0.29, 0.717) is 5.69 Å². The number of aromatic nitrogens is 4. The average Bonchev–Trinajstić information content (AvgIpc) is 2.90. The molecule has 0 aliphatic rings. The van der Waals surface area contributed by atoms with E-state index in [9.17, 15) is 13.6 Å². The lowest BCUT2D eigenvalue weighted by Gasteiger charge is -2.10. The minimum Gasteiger partial charge on any atom is -0.306 e. The summed E-state index contributed by atoms with van der Waals surface area (Å²) >= 11 is 5.85. The van der Waals surface area contributed by atoms with Gasteiger partial charge in [0.05, 0.1) is 16.3 Å². The first-order valence-electron chi connectivity index (χ1n) is 7.60. The molecule has 0 fully saturated rings. The molecular formula is C17H14ClF2N5O. The van der Waals surface area contributed by atoms with Gasteiger partial charge in [0.25, 0.3) is 11.9 Å². The highest BCUT2D eigenvalue weighted by Crippen LogP contribution is 2.22. The molecule has 3 aromatic rings. The van der Waals surface area contributed by atoms with Gasteiger partial charge in [-0.2, -0.15) is 9.78 Å². The maximum Gasteiger partial charge on any atom is 0.258 e. The summed E-state index contributed by atoms with van der Waals surface area (Å²) in [6.45, 7) is 5.36. The number of aryl methyl sites for hydroxylation is 3. The first-order valence-corrected chi connectivity index (χ1v) is 7.97. The number of benzene rings is 1. The van der Waals surface area contributed by atoms with Gasteiger partial charge in [0.2, 0.25) is 0 Å². The first-order chi connectivity index (χ1) is 12.2. The van der Waals surface area contributed by atoms with Crippen molar-refractivity contribution < 1.29 is 13.6 Å². The molecule has 0 radical (unpaired) electrons. The van der Waals surface area contributed by atoms with Crippen molar-refractivity contribution in [2.75, 3.05) is 5.32 Å². The molecule has 1 aromatic carbocycles. The fourth-order valence-corrected chi connectivity index (χ4v) is 2.66. The molecule has 2 heterocycles. The topological polar surface area (TPSA) is 72.7 Å². The van der Waals surface area contributed by atoms with E-state index in [-0.39, 0.29) is 22.4 Å². The third-order valence-electron chi connectivity index (χ3n) is 3.49. The molecule has 0 unspecified atom stereocenters. The Balaban J connectivity index is 1.99. The number of amides is 1. The zero-order valence-corrected chi connectivity index (χ0v) is 14.9. The molecule has 9 heteroatoms. The van der Waals surface area contributed by atoms with Crippen molar-refractivity contribution in [3.05, 3.63) is 63.6 Å². The summed E-state index contributed by atoms with van der Waals surface area (Å²) in [7, 11) is 0. The predicted molar refractivity (Wildman–Crippen MR) is 92.7 cm³/mol. The van der Waals surface area contributed by atoms with E-state index in [1.807, 2.05) is 13.8 Å². The lowest BCUT2D eigenvalue weighted by atomic mass is 10.2. The summed E-state index contributed by atoms with van der Waals surface area (Å²) in [5, 5.41) is 6.65. The lowest BCUT2D eigenvalue weighted by Crippen LogP contribution is -2.17. The first kappa shape index (κ1) is 17.9. The van der Waals surface area contributed by atoms with Gasteiger partial charge in [-0.25, -0.2) is 18.7 Å². The van der Waals surface area contributed by atoms with Crippen molar-refractivity contribution in [3.8, 4) is 5.95 Å². The van der Waals surface area contributed by atoms with Crippen LogP contribution in [0.1, 0.15) is 27.4 Å². The van der Waals surface area contributed by atoms with Crippen molar-refractivity contribution in [1.29, 1.82) is 0 Å². The molecule has 0 bridgehead atoms. The van der Waals surface area contributed by atoms with Gasteiger partial charge in [0.1, 0.15) is 5.82 Å². The standard InChI is InChI=1S/C17H14ClF2N5O/c1-8-4-9(2)22-17(21-8)25-15(5-10(3)24-25)23-16(26)11-6-13(19)14(20)7-12(11)18/h4-7H,1-3H3,(H,23,26). The van der Waals surface area contributed by atoms with Gasteiger partial charge in [-0.05, 0) is 39.0 Å². The molecule has 0 aliphatic carbocycles. The zero-order valence-electron chi connectivity index (χ0n) is 14.1. The Morgan fingerprint density at radius 3 is 2.27 bits per heavy atom. The smallest absolute Gasteiger partial charge is 0.258 e. The largest absolute Gasteiger partial charge is 0.306 e. The van der Waals surface area contributed by atoms with E-state index >= 15 is 0 Å². The van der Waals surface area contributed by atoms with E-state index in [0.717, 1.165) is 23.5 Å². The Morgan fingerprint density at radius 2 is 1.62 bits per heavy atom. The highest BCUT2D eigenvalue weighted by molar-refractivity contribution is 6.34.